The summed E-state index contributed by atoms with van der Waals surface area (Å²) < 4.78 is 0. The van der Waals surface area contributed by atoms with E-state index in [0.29, 0.717) is 19.5 Å². The SMILES string of the molecule is CCN(CCCO)C(=O)NN. The van der Waals surface area contributed by atoms with Crippen molar-refractivity contribution in [2.45, 2.75) is 13.3 Å². The molecule has 0 saturated heterocycles. The van der Waals surface area contributed by atoms with Gasteiger partial charge in [0.2, 0.25) is 0 Å². The van der Waals surface area contributed by atoms with Crippen molar-refractivity contribution in [3.8, 4) is 0 Å². The maximum Gasteiger partial charge on any atom is 0.331 e. The molecule has 5 nitrogen and oxygen atoms in total. The maximum atomic E-state index is 10.9. The molecule has 0 aromatic rings. The second-order valence-electron chi connectivity index (χ2n) is 2.11. The first-order chi connectivity index (χ1) is 5.26. The van der Waals surface area contributed by atoms with E-state index in [0.717, 1.165) is 0 Å². The summed E-state index contributed by atoms with van der Waals surface area (Å²) >= 11 is 0. The number of rotatable bonds is 4. The lowest BCUT2D eigenvalue weighted by Gasteiger charge is -2.18. The molecule has 4 N–H and O–H groups in total. The topological polar surface area (TPSA) is 78.6 Å². The predicted molar refractivity (Wildman–Crippen MR) is 41.7 cm³/mol. The van der Waals surface area contributed by atoms with Crippen LogP contribution in [-0.4, -0.2) is 35.7 Å². The van der Waals surface area contributed by atoms with E-state index in [2.05, 4.69) is 0 Å². The monoisotopic (exact) mass is 161 g/mol. The minimum absolute atomic E-state index is 0.0916. The van der Waals surface area contributed by atoms with Crippen molar-refractivity contribution < 1.29 is 9.90 Å². The Morgan fingerprint density at radius 3 is 2.73 bits per heavy atom. The number of urea groups is 1. The van der Waals surface area contributed by atoms with Gasteiger partial charge in [-0.25, -0.2) is 10.6 Å². The number of hydrazine groups is 1. The average Bonchev–Trinajstić information content (AvgIpc) is 2.05. The van der Waals surface area contributed by atoms with Crippen LogP contribution >= 0.6 is 0 Å². The van der Waals surface area contributed by atoms with Gasteiger partial charge in [0.25, 0.3) is 0 Å². The zero-order chi connectivity index (χ0) is 8.69. The fourth-order valence-electron chi connectivity index (χ4n) is 0.756. The van der Waals surface area contributed by atoms with Crippen LogP contribution in [0.5, 0.6) is 0 Å². The summed E-state index contributed by atoms with van der Waals surface area (Å²) in [7, 11) is 0. The minimum Gasteiger partial charge on any atom is -0.396 e. The van der Waals surface area contributed by atoms with E-state index in [1.807, 2.05) is 12.3 Å². The Morgan fingerprint density at radius 2 is 2.36 bits per heavy atom. The summed E-state index contributed by atoms with van der Waals surface area (Å²) in [4.78, 5) is 12.4. The molecule has 0 fully saturated rings. The number of nitrogens with one attached hydrogen (secondary N) is 1. The molecule has 0 saturated carbocycles. The van der Waals surface area contributed by atoms with Crippen LogP contribution < -0.4 is 11.3 Å². The summed E-state index contributed by atoms with van der Waals surface area (Å²) in [6.45, 7) is 3.08. The number of nitrogens with zero attached hydrogens (tertiary/aromatic N) is 1. The number of nitrogens with two attached hydrogens (primary N) is 1. The Kier molecular flexibility index (Phi) is 5.50. The summed E-state index contributed by atoms with van der Waals surface area (Å²) in [5.41, 5.74) is 2.03. The van der Waals surface area contributed by atoms with Crippen molar-refractivity contribution in [1.82, 2.24) is 10.3 Å². The van der Waals surface area contributed by atoms with Crippen molar-refractivity contribution in [3.63, 3.8) is 0 Å². The number of aliphatic hydroxyl groups excluding tert-OH is 1. The highest BCUT2D eigenvalue weighted by Crippen LogP contribution is 1.90. The van der Waals surface area contributed by atoms with E-state index in [9.17, 15) is 4.79 Å². The van der Waals surface area contributed by atoms with Gasteiger partial charge in [0, 0.05) is 19.7 Å². The molecule has 2 amide bonds. The predicted octanol–water partition coefficient (Wildman–Crippen LogP) is -0.726. The molecule has 5 heteroatoms. The number of amides is 2. The second-order valence-corrected chi connectivity index (χ2v) is 2.11. The molecular formula is C6H15N3O2. The molecule has 0 aromatic heterocycles. The van der Waals surface area contributed by atoms with Crippen LogP contribution in [0.2, 0.25) is 0 Å². The Morgan fingerprint density at radius 1 is 1.73 bits per heavy atom. The average molecular weight is 161 g/mol. The van der Waals surface area contributed by atoms with Gasteiger partial charge in [-0.3, -0.25) is 5.43 Å². The summed E-state index contributed by atoms with van der Waals surface area (Å²) in [6, 6.07) is -0.305. The van der Waals surface area contributed by atoms with Crippen molar-refractivity contribution in [2.75, 3.05) is 19.7 Å². The minimum atomic E-state index is -0.305. The van der Waals surface area contributed by atoms with E-state index < -0.39 is 0 Å². The van der Waals surface area contributed by atoms with E-state index >= 15 is 0 Å². The molecule has 0 radical (unpaired) electrons. The Labute approximate surface area is 66.1 Å². The van der Waals surface area contributed by atoms with E-state index in [4.69, 9.17) is 10.9 Å². The molecule has 66 valence electrons. The van der Waals surface area contributed by atoms with E-state index in [1.165, 1.54) is 4.90 Å². The van der Waals surface area contributed by atoms with Crippen LogP contribution in [0.25, 0.3) is 0 Å². The van der Waals surface area contributed by atoms with Crippen molar-refractivity contribution in [3.05, 3.63) is 0 Å². The summed E-state index contributed by atoms with van der Waals surface area (Å²) in [6.07, 6.45) is 0.585. The van der Waals surface area contributed by atoms with Gasteiger partial charge in [-0.15, -0.1) is 0 Å². The summed E-state index contributed by atoms with van der Waals surface area (Å²) in [5, 5.41) is 8.48. The molecule has 0 bridgehead atoms. The highest BCUT2D eigenvalue weighted by molar-refractivity contribution is 5.73. The molecule has 0 rings (SSSR count). The molecule has 0 atom stereocenters. The lowest BCUT2D eigenvalue weighted by Crippen LogP contribution is -2.43. The largest absolute Gasteiger partial charge is 0.396 e. The molecule has 0 unspecified atom stereocenters. The second kappa shape index (κ2) is 5.94. The smallest absolute Gasteiger partial charge is 0.331 e. The number of carbonyl (C=O) groups is 1. The first-order valence-electron chi connectivity index (χ1n) is 3.62. The maximum absolute atomic E-state index is 10.9. The fourth-order valence-corrected chi connectivity index (χ4v) is 0.756. The van der Waals surface area contributed by atoms with Crippen LogP contribution in [0.15, 0.2) is 0 Å². The lowest BCUT2D eigenvalue weighted by molar-refractivity contribution is 0.192. The third-order valence-corrected chi connectivity index (χ3v) is 1.38. The molecular weight excluding hydrogens is 146 g/mol. The molecule has 0 aliphatic carbocycles. The Balaban J connectivity index is 3.65. The van der Waals surface area contributed by atoms with Crippen molar-refractivity contribution in [1.29, 1.82) is 0 Å². The molecule has 0 aromatic carbocycles. The zero-order valence-corrected chi connectivity index (χ0v) is 6.71. The number of hydrogen-bond donors (Lipinski definition) is 3. The van der Waals surface area contributed by atoms with Crippen molar-refractivity contribution >= 4 is 6.03 Å². The molecule has 0 spiro atoms. The van der Waals surface area contributed by atoms with Gasteiger partial charge in [-0.05, 0) is 13.3 Å². The first kappa shape index (κ1) is 10.2. The fraction of sp³-hybridized carbons (Fsp3) is 0.833. The Hall–Kier alpha value is -0.810. The van der Waals surface area contributed by atoms with Crippen molar-refractivity contribution in [2.24, 2.45) is 5.84 Å². The third-order valence-electron chi connectivity index (χ3n) is 1.38. The van der Waals surface area contributed by atoms with Gasteiger partial charge in [0.05, 0.1) is 0 Å². The van der Waals surface area contributed by atoms with Gasteiger partial charge in [0.15, 0.2) is 0 Å². The molecule has 0 aliphatic rings. The number of hydrogen-bond acceptors (Lipinski definition) is 3. The number of carbonyl (C=O) groups excluding carboxylic acids is 1. The Bertz CT molecular complexity index is 118. The molecule has 0 aliphatic heterocycles. The highest BCUT2D eigenvalue weighted by Gasteiger charge is 2.07. The van der Waals surface area contributed by atoms with Crippen LogP contribution in [0.3, 0.4) is 0 Å². The van der Waals surface area contributed by atoms with Crippen LogP contribution in [0, 0.1) is 0 Å². The third kappa shape index (κ3) is 3.79. The van der Waals surface area contributed by atoms with Crippen LogP contribution in [-0.2, 0) is 0 Å². The van der Waals surface area contributed by atoms with Crippen LogP contribution in [0.1, 0.15) is 13.3 Å². The highest BCUT2D eigenvalue weighted by atomic mass is 16.3. The lowest BCUT2D eigenvalue weighted by atomic mass is 10.4. The number of aliphatic hydroxyl groups is 1. The zero-order valence-electron chi connectivity index (χ0n) is 6.71. The van der Waals surface area contributed by atoms with Gasteiger partial charge < -0.3 is 10.0 Å². The van der Waals surface area contributed by atoms with Gasteiger partial charge in [-0.2, -0.15) is 0 Å². The first-order valence-corrected chi connectivity index (χ1v) is 3.62. The van der Waals surface area contributed by atoms with Crippen LogP contribution in [0.4, 0.5) is 4.79 Å². The molecule has 0 heterocycles. The molecule has 11 heavy (non-hydrogen) atoms. The van der Waals surface area contributed by atoms with Gasteiger partial charge in [-0.1, -0.05) is 0 Å². The van der Waals surface area contributed by atoms with Gasteiger partial charge in [0.1, 0.15) is 0 Å². The normalized spacial score (nSPS) is 9.36. The van der Waals surface area contributed by atoms with E-state index in [1.54, 1.807) is 0 Å². The standard InChI is InChI=1S/C6H15N3O2/c1-2-9(4-3-5-10)6(11)8-7/h10H,2-5,7H2,1H3,(H,8,11). The quantitative estimate of drug-likeness (QED) is 0.289. The van der Waals surface area contributed by atoms with E-state index in [-0.39, 0.29) is 12.6 Å². The summed E-state index contributed by atoms with van der Waals surface area (Å²) in [5.74, 6) is 4.92. The van der Waals surface area contributed by atoms with Gasteiger partial charge >= 0.3 is 6.03 Å².